The summed E-state index contributed by atoms with van der Waals surface area (Å²) in [7, 11) is -2.56. The van der Waals surface area contributed by atoms with Gasteiger partial charge in [-0.05, 0) is 72.6 Å². The van der Waals surface area contributed by atoms with Crippen molar-refractivity contribution in [3.8, 4) is 5.75 Å². The highest BCUT2D eigenvalue weighted by Crippen LogP contribution is 2.30. The summed E-state index contributed by atoms with van der Waals surface area (Å²) in [6.45, 7) is 1.92. The number of ether oxygens (including phenoxy) is 1. The Hall–Kier alpha value is -4.67. The number of carbonyl (C=O) groups is 1. The molecular weight excluding hydrogens is 562 g/mol. The minimum atomic E-state index is -4.13. The van der Waals surface area contributed by atoms with Crippen molar-refractivity contribution in [3.05, 3.63) is 107 Å². The first-order valence-corrected chi connectivity index (χ1v) is 14.4. The molecule has 0 radical (unpaired) electrons. The van der Waals surface area contributed by atoms with E-state index in [1.165, 1.54) is 12.1 Å². The molecule has 0 atom stereocenters. The van der Waals surface area contributed by atoms with Crippen LogP contribution in [0.15, 0.2) is 95.9 Å². The quantitative estimate of drug-likeness (QED) is 0.184. The maximum atomic E-state index is 13.5. The first-order valence-electron chi connectivity index (χ1n) is 12.6. The van der Waals surface area contributed by atoms with E-state index in [4.69, 9.17) is 16.3 Å². The van der Waals surface area contributed by atoms with Crippen LogP contribution in [0.25, 0.3) is 11.0 Å². The van der Waals surface area contributed by atoms with Crippen LogP contribution >= 0.6 is 11.6 Å². The molecule has 11 heteroatoms. The van der Waals surface area contributed by atoms with Gasteiger partial charge in [0.15, 0.2) is 11.6 Å². The van der Waals surface area contributed by atoms with Crippen LogP contribution in [0.5, 0.6) is 5.75 Å². The van der Waals surface area contributed by atoms with Crippen molar-refractivity contribution in [3.63, 3.8) is 0 Å². The lowest BCUT2D eigenvalue weighted by Gasteiger charge is -2.15. The van der Waals surface area contributed by atoms with E-state index in [-0.39, 0.29) is 28.9 Å². The summed E-state index contributed by atoms with van der Waals surface area (Å²) in [6, 6.07) is 25.6. The van der Waals surface area contributed by atoms with Crippen LogP contribution < -0.4 is 20.1 Å². The zero-order valence-corrected chi connectivity index (χ0v) is 23.8. The van der Waals surface area contributed by atoms with Crippen LogP contribution in [0.4, 0.5) is 23.0 Å². The van der Waals surface area contributed by atoms with Crippen LogP contribution in [0.1, 0.15) is 11.1 Å². The predicted octanol–water partition coefficient (Wildman–Crippen LogP) is 6.33. The SMILES string of the molecule is COc1cc(C)cc(Nc2nc3ccccc3nc2NS(=O)(=O)c2cccc(NC(=O)Cc3cccc(Cl)c3)c2)c1. The lowest BCUT2D eigenvalue weighted by atomic mass is 10.1. The number of methoxy groups -OCH3 is 1. The number of carbonyl (C=O) groups excluding carboxylic acids is 1. The van der Waals surface area contributed by atoms with Gasteiger partial charge in [-0.25, -0.2) is 18.4 Å². The molecule has 208 valence electrons. The second-order valence-electron chi connectivity index (χ2n) is 9.26. The molecular formula is C30H26ClN5O4S. The van der Waals surface area contributed by atoms with E-state index in [9.17, 15) is 13.2 Å². The molecule has 0 aliphatic carbocycles. The van der Waals surface area contributed by atoms with Crippen molar-refractivity contribution in [2.45, 2.75) is 18.2 Å². The lowest BCUT2D eigenvalue weighted by molar-refractivity contribution is -0.115. The van der Waals surface area contributed by atoms with E-state index in [1.807, 2.05) is 25.1 Å². The Morgan fingerprint density at radius 2 is 1.59 bits per heavy atom. The van der Waals surface area contributed by atoms with E-state index >= 15 is 0 Å². The fraction of sp³-hybridized carbons (Fsp3) is 0.100. The van der Waals surface area contributed by atoms with Gasteiger partial charge in [0, 0.05) is 22.5 Å². The maximum Gasteiger partial charge on any atom is 0.263 e. The second-order valence-corrected chi connectivity index (χ2v) is 11.4. The van der Waals surface area contributed by atoms with Gasteiger partial charge in [-0.15, -0.1) is 0 Å². The highest BCUT2D eigenvalue weighted by Gasteiger charge is 2.20. The van der Waals surface area contributed by atoms with Crippen LogP contribution in [-0.2, 0) is 21.2 Å². The van der Waals surface area contributed by atoms with Gasteiger partial charge in [-0.1, -0.05) is 41.9 Å². The molecule has 0 saturated carbocycles. The van der Waals surface area contributed by atoms with Gasteiger partial charge in [0.1, 0.15) is 5.75 Å². The zero-order chi connectivity index (χ0) is 29.0. The molecule has 5 aromatic rings. The number of fused-ring (bicyclic) bond motifs is 1. The van der Waals surface area contributed by atoms with Gasteiger partial charge in [0.2, 0.25) is 5.91 Å². The molecule has 3 N–H and O–H groups in total. The topological polar surface area (TPSA) is 122 Å². The Bertz CT molecular complexity index is 1860. The predicted molar refractivity (Wildman–Crippen MR) is 162 cm³/mol. The minimum Gasteiger partial charge on any atom is -0.497 e. The number of sulfonamides is 1. The molecule has 0 unspecified atom stereocenters. The number of benzene rings is 4. The molecule has 0 aliphatic heterocycles. The van der Waals surface area contributed by atoms with Gasteiger partial charge in [0.05, 0.1) is 29.5 Å². The number of aromatic nitrogens is 2. The molecule has 1 amide bonds. The number of nitrogens with one attached hydrogen (secondary N) is 3. The average molecular weight is 588 g/mol. The van der Waals surface area contributed by atoms with Gasteiger partial charge in [0.25, 0.3) is 10.0 Å². The fourth-order valence-corrected chi connectivity index (χ4v) is 5.47. The number of amides is 1. The lowest BCUT2D eigenvalue weighted by Crippen LogP contribution is -2.17. The van der Waals surface area contributed by atoms with E-state index in [2.05, 4.69) is 25.3 Å². The molecule has 1 heterocycles. The summed E-state index contributed by atoms with van der Waals surface area (Å²) in [5, 5.41) is 6.45. The molecule has 5 rings (SSSR count). The van der Waals surface area contributed by atoms with Crippen molar-refractivity contribution in [1.82, 2.24) is 9.97 Å². The number of nitrogens with zero attached hydrogens (tertiary/aromatic N) is 2. The van der Waals surface area contributed by atoms with Crippen LogP contribution in [0, 0.1) is 6.92 Å². The highest BCUT2D eigenvalue weighted by atomic mass is 35.5. The normalized spacial score (nSPS) is 11.2. The standard InChI is InChI=1S/C30H26ClN5O4S/c1-19-13-23(17-24(14-19)40-2)33-29-30(35-27-12-4-3-11-26(27)34-29)36-41(38,39)25-10-6-9-22(18-25)32-28(37)16-20-7-5-8-21(31)15-20/h3-15,17-18H,16H2,1-2H3,(H,32,37)(H,33,34)(H,35,36). The molecule has 1 aromatic heterocycles. The number of anilines is 4. The van der Waals surface area contributed by atoms with Crippen molar-refractivity contribution in [2.24, 2.45) is 0 Å². The Kier molecular flexibility index (Phi) is 8.04. The third-order valence-electron chi connectivity index (χ3n) is 6.03. The Balaban J connectivity index is 1.42. The van der Waals surface area contributed by atoms with Gasteiger partial charge in [-0.2, -0.15) is 0 Å². The molecule has 0 aliphatic rings. The highest BCUT2D eigenvalue weighted by molar-refractivity contribution is 7.92. The van der Waals surface area contributed by atoms with E-state index < -0.39 is 10.0 Å². The number of para-hydroxylation sites is 2. The monoisotopic (exact) mass is 587 g/mol. The third kappa shape index (κ3) is 6.92. The summed E-state index contributed by atoms with van der Waals surface area (Å²) in [5.41, 5.74) is 3.76. The maximum absolute atomic E-state index is 13.5. The molecule has 4 aromatic carbocycles. The van der Waals surface area contributed by atoms with Gasteiger partial charge >= 0.3 is 0 Å². The summed E-state index contributed by atoms with van der Waals surface area (Å²) in [4.78, 5) is 21.7. The molecule has 0 bridgehead atoms. The smallest absolute Gasteiger partial charge is 0.263 e. The van der Waals surface area contributed by atoms with Crippen molar-refractivity contribution in [1.29, 1.82) is 0 Å². The van der Waals surface area contributed by atoms with E-state index in [0.717, 1.165) is 11.1 Å². The summed E-state index contributed by atoms with van der Waals surface area (Å²) >= 11 is 6.01. The summed E-state index contributed by atoms with van der Waals surface area (Å²) in [5.74, 6) is 0.554. The van der Waals surface area contributed by atoms with Crippen LogP contribution in [0.2, 0.25) is 5.02 Å². The number of halogens is 1. The zero-order valence-electron chi connectivity index (χ0n) is 22.2. The van der Waals surface area contributed by atoms with E-state index in [1.54, 1.807) is 67.8 Å². The first-order chi connectivity index (χ1) is 19.7. The van der Waals surface area contributed by atoms with Crippen molar-refractivity contribution >= 4 is 61.6 Å². The Morgan fingerprint density at radius 1 is 0.854 bits per heavy atom. The molecule has 0 spiro atoms. The van der Waals surface area contributed by atoms with Crippen LogP contribution in [0.3, 0.4) is 0 Å². The van der Waals surface area contributed by atoms with E-state index in [0.29, 0.717) is 33.2 Å². The second kappa shape index (κ2) is 11.8. The summed E-state index contributed by atoms with van der Waals surface area (Å²) in [6.07, 6.45) is 0.0846. The number of aryl methyl sites for hydroxylation is 1. The first kappa shape index (κ1) is 27.9. The third-order valence-corrected chi connectivity index (χ3v) is 7.60. The minimum absolute atomic E-state index is 0.0135. The Morgan fingerprint density at radius 3 is 2.32 bits per heavy atom. The number of rotatable bonds is 9. The molecule has 0 fully saturated rings. The van der Waals surface area contributed by atoms with Crippen molar-refractivity contribution < 1.29 is 17.9 Å². The van der Waals surface area contributed by atoms with Crippen molar-refractivity contribution in [2.75, 3.05) is 22.5 Å². The molecule has 0 saturated heterocycles. The Labute approximate surface area is 242 Å². The fourth-order valence-electron chi connectivity index (χ4n) is 4.20. The van der Waals surface area contributed by atoms with Crippen LogP contribution in [-0.4, -0.2) is 31.4 Å². The van der Waals surface area contributed by atoms with Gasteiger partial charge in [-0.3, -0.25) is 9.52 Å². The van der Waals surface area contributed by atoms with Gasteiger partial charge < -0.3 is 15.4 Å². The number of hydrogen-bond acceptors (Lipinski definition) is 7. The summed E-state index contributed by atoms with van der Waals surface area (Å²) < 4.78 is 34.9. The molecule has 9 nitrogen and oxygen atoms in total. The average Bonchev–Trinajstić information content (AvgIpc) is 2.93. The molecule has 41 heavy (non-hydrogen) atoms. The number of hydrogen-bond donors (Lipinski definition) is 3. The largest absolute Gasteiger partial charge is 0.497 e.